The van der Waals surface area contributed by atoms with Crippen molar-refractivity contribution in [1.82, 2.24) is 4.72 Å². The Hall–Kier alpha value is -0.630. The number of rotatable bonds is 7. The van der Waals surface area contributed by atoms with Gasteiger partial charge < -0.3 is 5.11 Å². The number of aliphatic carboxylic acids is 1. The zero-order valence-corrected chi connectivity index (χ0v) is 13.9. The van der Waals surface area contributed by atoms with Gasteiger partial charge in [-0.25, -0.2) is 8.42 Å². The Morgan fingerprint density at radius 1 is 1.50 bits per heavy atom. The second-order valence-electron chi connectivity index (χ2n) is 4.21. The maximum Gasteiger partial charge on any atom is 0.321 e. The highest BCUT2D eigenvalue weighted by molar-refractivity contribution is 9.10. The van der Waals surface area contributed by atoms with Gasteiger partial charge in [0.1, 0.15) is 10.9 Å². The maximum absolute atomic E-state index is 12.3. The number of carbonyl (C=O) groups is 1. The number of hydrogen-bond acceptors (Lipinski definition) is 3. The Labute approximate surface area is 131 Å². The Kier molecular flexibility index (Phi) is 6.44. The fourth-order valence-electron chi connectivity index (χ4n) is 1.63. The molecule has 112 valence electrons. The summed E-state index contributed by atoms with van der Waals surface area (Å²) in [6, 6.07) is 3.39. The van der Waals surface area contributed by atoms with E-state index in [-0.39, 0.29) is 20.8 Å². The number of halogens is 2. The van der Waals surface area contributed by atoms with Crippen molar-refractivity contribution < 1.29 is 18.3 Å². The fraction of sp³-hybridized carbons (Fsp3) is 0.417. The van der Waals surface area contributed by atoms with Crippen LogP contribution in [0.2, 0.25) is 5.02 Å². The summed E-state index contributed by atoms with van der Waals surface area (Å²) < 4.78 is 27.0. The van der Waals surface area contributed by atoms with E-state index in [1.165, 1.54) is 12.1 Å². The van der Waals surface area contributed by atoms with E-state index in [2.05, 4.69) is 20.7 Å². The van der Waals surface area contributed by atoms with Crippen molar-refractivity contribution in [3.05, 3.63) is 27.7 Å². The number of hydrogen-bond donors (Lipinski definition) is 2. The molecule has 1 aromatic carbocycles. The monoisotopic (exact) mass is 383 g/mol. The third kappa shape index (κ3) is 4.44. The van der Waals surface area contributed by atoms with Gasteiger partial charge in [-0.3, -0.25) is 4.79 Å². The van der Waals surface area contributed by atoms with E-state index in [9.17, 15) is 13.2 Å². The van der Waals surface area contributed by atoms with Crippen LogP contribution in [0.3, 0.4) is 0 Å². The van der Waals surface area contributed by atoms with Crippen LogP contribution in [0.1, 0.15) is 26.2 Å². The van der Waals surface area contributed by atoms with E-state index in [4.69, 9.17) is 16.7 Å². The second kappa shape index (κ2) is 7.40. The van der Waals surface area contributed by atoms with Gasteiger partial charge >= 0.3 is 5.97 Å². The third-order valence-corrected chi connectivity index (χ3v) is 5.55. The maximum atomic E-state index is 12.3. The van der Waals surface area contributed by atoms with Gasteiger partial charge in [0, 0.05) is 4.47 Å². The Morgan fingerprint density at radius 3 is 2.65 bits per heavy atom. The quantitative estimate of drug-likeness (QED) is 0.757. The number of unbranched alkanes of at least 4 members (excludes halogenated alkanes) is 1. The molecule has 5 nitrogen and oxygen atoms in total. The van der Waals surface area contributed by atoms with Crippen molar-refractivity contribution in [1.29, 1.82) is 0 Å². The van der Waals surface area contributed by atoms with E-state index >= 15 is 0 Å². The molecule has 8 heteroatoms. The zero-order chi connectivity index (χ0) is 15.3. The number of carboxylic acid groups (broad SMARTS) is 1. The average Bonchev–Trinajstić information content (AvgIpc) is 2.33. The Balaban J connectivity index is 3.07. The van der Waals surface area contributed by atoms with Gasteiger partial charge in [0.15, 0.2) is 0 Å². The van der Waals surface area contributed by atoms with Crippen LogP contribution in [-0.2, 0) is 14.8 Å². The lowest BCUT2D eigenvalue weighted by Gasteiger charge is -2.16. The van der Waals surface area contributed by atoms with E-state index in [0.29, 0.717) is 6.42 Å². The molecule has 0 heterocycles. The van der Waals surface area contributed by atoms with Crippen molar-refractivity contribution in [2.45, 2.75) is 37.1 Å². The van der Waals surface area contributed by atoms with E-state index in [1.807, 2.05) is 6.92 Å². The van der Waals surface area contributed by atoms with Crippen LogP contribution < -0.4 is 4.72 Å². The topological polar surface area (TPSA) is 83.5 Å². The molecule has 1 atom stereocenters. The molecule has 1 rings (SSSR count). The van der Waals surface area contributed by atoms with E-state index in [0.717, 1.165) is 6.42 Å². The first-order valence-corrected chi connectivity index (χ1v) is 8.64. The molecule has 0 fully saturated rings. The van der Waals surface area contributed by atoms with Gasteiger partial charge in [-0.05, 0) is 34.5 Å². The molecule has 0 saturated heterocycles. The zero-order valence-electron chi connectivity index (χ0n) is 10.8. The molecule has 2 N–H and O–H groups in total. The molecule has 0 radical (unpaired) electrons. The third-order valence-electron chi connectivity index (χ3n) is 2.63. The highest BCUT2D eigenvalue weighted by Crippen LogP contribution is 2.29. The van der Waals surface area contributed by atoms with Crippen LogP contribution in [0.4, 0.5) is 0 Å². The molecule has 0 amide bonds. The Bertz CT molecular complexity index is 571. The molecular weight excluding hydrogens is 370 g/mol. The summed E-state index contributed by atoms with van der Waals surface area (Å²) in [5.74, 6) is -1.20. The molecule has 0 aliphatic heterocycles. The van der Waals surface area contributed by atoms with Gasteiger partial charge in [0.25, 0.3) is 0 Å². The van der Waals surface area contributed by atoms with Crippen LogP contribution in [0.5, 0.6) is 0 Å². The van der Waals surface area contributed by atoms with Gasteiger partial charge in [0.2, 0.25) is 10.0 Å². The van der Waals surface area contributed by atoms with E-state index < -0.39 is 22.0 Å². The second-order valence-corrected chi connectivity index (χ2v) is 7.12. The van der Waals surface area contributed by atoms with Gasteiger partial charge in [-0.15, -0.1) is 0 Å². The molecule has 0 saturated carbocycles. The molecule has 0 spiro atoms. The molecule has 0 aliphatic carbocycles. The van der Waals surface area contributed by atoms with Crippen molar-refractivity contribution in [2.75, 3.05) is 0 Å². The van der Waals surface area contributed by atoms with Gasteiger partial charge in [0.05, 0.1) is 5.02 Å². The van der Waals surface area contributed by atoms with Crippen LogP contribution in [0.15, 0.2) is 27.6 Å². The number of benzene rings is 1. The molecule has 0 aromatic heterocycles. The normalized spacial score (nSPS) is 13.2. The van der Waals surface area contributed by atoms with Crippen molar-refractivity contribution in [3.8, 4) is 0 Å². The first kappa shape index (κ1) is 17.4. The molecule has 20 heavy (non-hydrogen) atoms. The largest absolute Gasteiger partial charge is 0.480 e. The number of carboxylic acids is 1. The average molecular weight is 385 g/mol. The summed E-state index contributed by atoms with van der Waals surface area (Å²) in [5, 5.41) is 9.11. The van der Waals surface area contributed by atoms with Gasteiger partial charge in [-0.2, -0.15) is 4.72 Å². The SMILES string of the molecule is CCCCC(NS(=O)(=O)c1c(Cl)cccc1Br)C(=O)O. The summed E-state index contributed by atoms with van der Waals surface area (Å²) in [7, 11) is -4.01. The highest BCUT2D eigenvalue weighted by Gasteiger charge is 2.28. The van der Waals surface area contributed by atoms with Crippen molar-refractivity contribution in [2.24, 2.45) is 0 Å². The van der Waals surface area contributed by atoms with Crippen LogP contribution in [-0.4, -0.2) is 25.5 Å². The lowest BCUT2D eigenvalue weighted by Crippen LogP contribution is -2.40. The summed E-state index contributed by atoms with van der Waals surface area (Å²) in [5.41, 5.74) is 0. The summed E-state index contributed by atoms with van der Waals surface area (Å²) in [6.45, 7) is 1.90. The molecule has 1 unspecified atom stereocenters. The lowest BCUT2D eigenvalue weighted by molar-refractivity contribution is -0.139. The first-order chi connectivity index (χ1) is 9.29. The smallest absolute Gasteiger partial charge is 0.321 e. The summed E-state index contributed by atoms with van der Waals surface area (Å²) in [6.07, 6.45) is 1.62. The van der Waals surface area contributed by atoms with Crippen molar-refractivity contribution >= 4 is 43.5 Å². The predicted molar refractivity (Wildman–Crippen MR) is 80.4 cm³/mol. The van der Waals surface area contributed by atoms with Crippen LogP contribution in [0.25, 0.3) is 0 Å². The number of nitrogens with one attached hydrogen (secondary N) is 1. The fourth-order valence-corrected chi connectivity index (χ4v) is 4.59. The van der Waals surface area contributed by atoms with Gasteiger partial charge in [-0.1, -0.05) is 37.4 Å². The van der Waals surface area contributed by atoms with E-state index in [1.54, 1.807) is 6.07 Å². The lowest BCUT2D eigenvalue weighted by atomic mass is 10.1. The van der Waals surface area contributed by atoms with Crippen LogP contribution >= 0.6 is 27.5 Å². The first-order valence-electron chi connectivity index (χ1n) is 5.98. The van der Waals surface area contributed by atoms with Crippen molar-refractivity contribution in [3.63, 3.8) is 0 Å². The predicted octanol–water partition coefficient (Wildman–Crippen LogP) is 3.02. The number of sulfonamides is 1. The summed E-state index contributed by atoms with van der Waals surface area (Å²) >= 11 is 9.00. The standard InChI is InChI=1S/C12H15BrClNO4S/c1-2-3-7-10(12(16)17)15-20(18,19)11-8(13)5-4-6-9(11)14/h4-6,10,15H,2-3,7H2,1H3,(H,16,17). The summed E-state index contributed by atoms with van der Waals surface area (Å²) in [4.78, 5) is 11.0. The molecule has 1 aromatic rings. The molecule has 0 aliphatic rings. The minimum Gasteiger partial charge on any atom is -0.480 e. The molecular formula is C12H15BrClNO4S. The molecule has 0 bridgehead atoms. The van der Waals surface area contributed by atoms with Crippen LogP contribution in [0, 0.1) is 0 Å². The highest BCUT2D eigenvalue weighted by atomic mass is 79.9. The Morgan fingerprint density at radius 2 is 2.15 bits per heavy atom. The minimum atomic E-state index is -4.01. The minimum absolute atomic E-state index is 0.0338.